The maximum atomic E-state index is 11.1. The number of nitrogens with one attached hydrogen (secondary N) is 1. The molecule has 1 aromatic rings. The minimum Gasteiger partial charge on any atom is -0.439 e. The van der Waals surface area contributed by atoms with Crippen molar-refractivity contribution in [2.45, 2.75) is 32.9 Å². The fourth-order valence-corrected chi connectivity index (χ4v) is 2.04. The molecule has 3 nitrogen and oxygen atoms in total. The van der Waals surface area contributed by atoms with Crippen LogP contribution in [0.25, 0.3) is 0 Å². The van der Waals surface area contributed by atoms with Gasteiger partial charge in [-0.3, -0.25) is 0 Å². The Morgan fingerprint density at radius 2 is 1.80 bits per heavy atom. The van der Waals surface area contributed by atoms with Crippen LogP contribution >= 0.6 is 0 Å². The highest BCUT2D eigenvalue weighted by atomic mass is 16.6. The number of hydrogen-bond acceptors (Lipinski definition) is 2. The van der Waals surface area contributed by atoms with E-state index in [0.717, 1.165) is 5.56 Å². The zero-order chi connectivity index (χ0) is 11.0. The van der Waals surface area contributed by atoms with Gasteiger partial charge in [0.1, 0.15) is 6.10 Å². The first-order valence-corrected chi connectivity index (χ1v) is 5.11. The minimum atomic E-state index is -0.327. The van der Waals surface area contributed by atoms with Crippen LogP contribution in [0.4, 0.5) is 4.79 Å². The minimum absolute atomic E-state index is 0.0405. The predicted octanol–water partition coefficient (Wildman–Crippen LogP) is 2.47. The van der Waals surface area contributed by atoms with E-state index in [1.165, 1.54) is 11.1 Å². The van der Waals surface area contributed by atoms with Crippen molar-refractivity contribution in [2.24, 2.45) is 0 Å². The average molecular weight is 205 g/mol. The molecule has 80 valence electrons. The third-order valence-electron chi connectivity index (χ3n) is 2.61. The van der Waals surface area contributed by atoms with Crippen molar-refractivity contribution in [1.82, 2.24) is 5.32 Å². The molecule has 2 atom stereocenters. The smallest absolute Gasteiger partial charge is 0.408 e. The predicted molar refractivity (Wildman–Crippen MR) is 57.7 cm³/mol. The van der Waals surface area contributed by atoms with Crippen LogP contribution in [0.5, 0.6) is 0 Å². The molecule has 3 heteroatoms. The number of carbonyl (C=O) groups excluding carboxylic acids is 1. The molecule has 0 unspecified atom stereocenters. The Morgan fingerprint density at radius 1 is 1.20 bits per heavy atom. The monoisotopic (exact) mass is 205 g/mol. The second-order valence-electron chi connectivity index (χ2n) is 4.18. The third-order valence-corrected chi connectivity index (χ3v) is 2.61. The number of hydrogen-bond donors (Lipinski definition) is 1. The van der Waals surface area contributed by atoms with Crippen LogP contribution in [-0.4, -0.2) is 12.1 Å². The summed E-state index contributed by atoms with van der Waals surface area (Å²) >= 11 is 0. The maximum absolute atomic E-state index is 11.1. The molecular weight excluding hydrogens is 190 g/mol. The van der Waals surface area contributed by atoms with Crippen LogP contribution in [-0.2, 0) is 4.74 Å². The van der Waals surface area contributed by atoms with Gasteiger partial charge < -0.3 is 10.1 Å². The summed E-state index contributed by atoms with van der Waals surface area (Å²) in [5, 5.41) is 2.74. The summed E-state index contributed by atoms with van der Waals surface area (Å²) in [7, 11) is 0. The van der Waals surface area contributed by atoms with Gasteiger partial charge in [-0.2, -0.15) is 0 Å². The highest BCUT2D eigenvalue weighted by molar-refractivity contribution is 5.70. The van der Waals surface area contributed by atoms with Crippen molar-refractivity contribution < 1.29 is 9.53 Å². The summed E-state index contributed by atoms with van der Waals surface area (Å²) in [5.74, 6) is 0. The van der Waals surface area contributed by atoms with Crippen molar-refractivity contribution in [3.8, 4) is 0 Å². The van der Waals surface area contributed by atoms with E-state index in [1.54, 1.807) is 0 Å². The second kappa shape index (κ2) is 3.57. The van der Waals surface area contributed by atoms with Gasteiger partial charge in [0.15, 0.2) is 0 Å². The average Bonchev–Trinajstić information content (AvgIpc) is 2.43. The van der Waals surface area contributed by atoms with Gasteiger partial charge in [0.05, 0.1) is 6.04 Å². The van der Waals surface area contributed by atoms with E-state index in [-0.39, 0.29) is 18.2 Å². The summed E-state index contributed by atoms with van der Waals surface area (Å²) in [6.45, 7) is 6.05. The zero-order valence-corrected chi connectivity index (χ0v) is 9.20. The maximum Gasteiger partial charge on any atom is 0.408 e. The van der Waals surface area contributed by atoms with Crippen molar-refractivity contribution in [2.75, 3.05) is 0 Å². The molecule has 1 fully saturated rings. The molecule has 0 aliphatic carbocycles. The SMILES string of the molecule is Cc1cc(C)cc([C@@H]2OC(=O)N[C@H]2C)c1. The molecule has 1 N–H and O–H groups in total. The number of amides is 1. The van der Waals surface area contributed by atoms with Crippen molar-refractivity contribution >= 4 is 6.09 Å². The molecule has 0 bridgehead atoms. The van der Waals surface area contributed by atoms with Crippen LogP contribution < -0.4 is 5.32 Å². The summed E-state index contributed by atoms with van der Waals surface area (Å²) in [6.07, 6.45) is -0.484. The molecule has 0 spiro atoms. The van der Waals surface area contributed by atoms with Crippen LogP contribution in [0.15, 0.2) is 18.2 Å². The fraction of sp³-hybridized carbons (Fsp3) is 0.417. The van der Waals surface area contributed by atoms with Gasteiger partial charge in [-0.15, -0.1) is 0 Å². The Balaban J connectivity index is 2.33. The molecule has 0 radical (unpaired) electrons. The fourth-order valence-electron chi connectivity index (χ4n) is 2.04. The second-order valence-corrected chi connectivity index (χ2v) is 4.18. The van der Waals surface area contributed by atoms with Gasteiger partial charge in [-0.05, 0) is 26.3 Å². The largest absolute Gasteiger partial charge is 0.439 e. The van der Waals surface area contributed by atoms with E-state index in [1.807, 2.05) is 20.8 Å². The first-order chi connectivity index (χ1) is 7.06. The zero-order valence-electron chi connectivity index (χ0n) is 9.20. The van der Waals surface area contributed by atoms with E-state index < -0.39 is 0 Å². The lowest BCUT2D eigenvalue weighted by Gasteiger charge is -2.14. The lowest BCUT2D eigenvalue weighted by atomic mass is 10.00. The van der Waals surface area contributed by atoms with E-state index in [0.29, 0.717) is 0 Å². The first-order valence-electron chi connectivity index (χ1n) is 5.11. The van der Waals surface area contributed by atoms with Crippen LogP contribution in [0.2, 0.25) is 0 Å². The quantitative estimate of drug-likeness (QED) is 0.764. The number of carbonyl (C=O) groups is 1. The molecule has 0 aromatic heterocycles. The van der Waals surface area contributed by atoms with Gasteiger partial charge in [0, 0.05) is 0 Å². The third kappa shape index (κ3) is 1.96. The van der Waals surface area contributed by atoms with E-state index in [2.05, 4.69) is 23.5 Å². The Kier molecular flexibility index (Phi) is 2.39. The van der Waals surface area contributed by atoms with E-state index in [4.69, 9.17) is 4.74 Å². The van der Waals surface area contributed by atoms with Gasteiger partial charge in [0.2, 0.25) is 0 Å². The molecule has 1 amide bonds. The number of ether oxygens (including phenoxy) is 1. The standard InChI is InChI=1S/C12H15NO2/c1-7-4-8(2)6-10(5-7)11-9(3)13-12(14)15-11/h4-6,9,11H,1-3H3,(H,13,14)/t9-,11+/m0/s1. The normalized spacial score (nSPS) is 24.9. The Hall–Kier alpha value is -1.51. The number of alkyl carbamates (subject to hydrolysis) is 1. The van der Waals surface area contributed by atoms with Gasteiger partial charge in [-0.1, -0.05) is 29.3 Å². The van der Waals surface area contributed by atoms with Crippen LogP contribution in [0.3, 0.4) is 0 Å². The molecule has 1 aromatic carbocycles. The van der Waals surface area contributed by atoms with Gasteiger partial charge >= 0.3 is 6.09 Å². The molecule has 1 saturated heterocycles. The lowest BCUT2D eigenvalue weighted by Crippen LogP contribution is -2.23. The molecule has 2 rings (SSSR count). The Bertz CT molecular complexity index is 380. The topological polar surface area (TPSA) is 38.3 Å². The van der Waals surface area contributed by atoms with Gasteiger partial charge in [-0.25, -0.2) is 4.79 Å². The number of benzene rings is 1. The van der Waals surface area contributed by atoms with Crippen LogP contribution in [0.1, 0.15) is 29.7 Å². The molecule has 1 aliphatic rings. The van der Waals surface area contributed by atoms with Crippen molar-refractivity contribution in [1.29, 1.82) is 0 Å². The molecule has 1 aliphatic heterocycles. The summed E-state index contributed by atoms with van der Waals surface area (Å²) < 4.78 is 5.22. The number of aryl methyl sites for hydroxylation is 2. The Morgan fingerprint density at radius 3 is 2.27 bits per heavy atom. The lowest BCUT2D eigenvalue weighted by molar-refractivity contribution is 0.134. The van der Waals surface area contributed by atoms with Crippen molar-refractivity contribution in [3.63, 3.8) is 0 Å². The number of cyclic esters (lactones) is 1. The van der Waals surface area contributed by atoms with Crippen LogP contribution in [0, 0.1) is 13.8 Å². The highest BCUT2D eigenvalue weighted by Gasteiger charge is 2.31. The summed E-state index contributed by atoms with van der Waals surface area (Å²) in [5.41, 5.74) is 3.46. The summed E-state index contributed by atoms with van der Waals surface area (Å²) in [4.78, 5) is 11.1. The molecule has 15 heavy (non-hydrogen) atoms. The first kappa shape index (κ1) is 10.0. The highest BCUT2D eigenvalue weighted by Crippen LogP contribution is 2.27. The molecule has 1 heterocycles. The van der Waals surface area contributed by atoms with Crippen molar-refractivity contribution in [3.05, 3.63) is 34.9 Å². The van der Waals surface area contributed by atoms with E-state index >= 15 is 0 Å². The summed E-state index contributed by atoms with van der Waals surface area (Å²) in [6, 6.07) is 6.28. The number of rotatable bonds is 1. The molecule has 0 saturated carbocycles. The van der Waals surface area contributed by atoms with Gasteiger partial charge in [0.25, 0.3) is 0 Å². The Labute approximate surface area is 89.4 Å². The molecular formula is C12H15NO2. The van der Waals surface area contributed by atoms with E-state index in [9.17, 15) is 4.79 Å².